The molecule has 0 radical (unpaired) electrons. The number of nitrogens with one attached hydrogen (secondary N) is 1. The van der Waals surface area contributed by atoms with Crippen LogP contribution in [0.5, 0.6) is 0 Å². The molecular weight excluding hydrogens is 266 g/mol. The van der Waals surface area contributed by atoms with Crippen molar-refractivity contribution in [2.24, 2.45) is 0 Å². The Morgan fingerprint density at radius 1 is 1.14 bits per heavy atom. The minimum absolute atomic E-state index is 0.154. The molecule has 3 heterocycles. The third-order valence-electron chi connectivity index (χ3n) is 2.98. The van der Waals surface area contributed by atoms with Gasteiger partial charge in [0.1, 0.15) is 5.69 Å². The molecule has 0 spiro atoms. The second kappa shape index (κ2) is 6.00. The molecule has 1 N–H and O–H groups in total. The van der Waals surface area contributed by atoms with Crippen molar-refractivity contribution >= 4 is 5.91 Å². The first-order valence-corrected chi connectivity index (χ1v) is 6.50. The number of rotatable bonds is 4. The molecule has 0 saturated carbocycles. The molecule has 0 bridgehead atoms. The van der Waals surface area contributed by atoms with E-state index in [1.807, 2.05) is 24.3 Å². The number of furan rings is 1. The summed E-state index contributed by atoms with van der Waals surface area (Å²) in [5.41, 5.74) is 2.22. The molecular formula is C16H13N3O2. The van der Waals surface area contributed by atoms with Gasteiger partial charge < -0.3 is 9.73 Å². The molecule has 0 unspecified atom stereocenters. The molecule has 104 valence electrons. The normalized spacial score (nSPS) is 10.3. The number of aromatic nitrogens is 2. The largest absolute Gasteiger partial charge is 0.463 e. The van der Waals surface area contributed by atoms with Crippen molar-refractivity contribution in [3.05, 3.63) is 72.4 Å². The average Bonchev–Trinajstić information content (AvgIpc) is 3.08. The van der Waals surface area contributed by atoms with E-state index in [1.54, 1.807) is 30.8 Å². The van der Waals surface area contributed by atoms with Gasteiger partial charge in [0.15, 0.2) is 5.76 Å². The third kappa shape index (κ3) is 3.14. The van der Waals surface area contributed by atoms with E-state index < -0.39 is 0 Å². The summed E-state index contributed by atoms with van der Waals surface area (Å²) in [7, 11) is 0. The first kappa shape index (κ1) is 13.1. The van der Waals surface area contributed by atoms with Gasteiger partial charge in [0.25, 0.3) is 5.91 Å². The summed E-state index contributed by atoms with van der Waals surface area (Å²) in [5, 5.41) is 2.83. The summed E-state index contributed by atoms with van der Waals surface area (Å²) in [6, 6.07) is 10.9. The molecule has 3 rings (SSSR count). The summed E-state index contributed by atoms with van der Waals surface area (Å²) in [6.07, 6.45) is 6.50. The quantitative estimate of drug-likeness (QED) is 0.797. The topological polar surface area (TPSA) is 68.0 Å². The fourth-order valence-corrected chi connectivity index (χ4v) is 1.88. The lowest BCUT2D eigenvalue weighted by Crippen LogP contribution is -2.22. The van der Waals surface area contributed by atoms with Gasteiger partial charge in [0.2, 0.25) is 0 Å². The van der Waals surface area contributed by atoms with Crippen molar-refractivity contribution in [2.75, 3.05) is 0 Å². The maximum Gasteiger partial charge on any atom is 0.253 e. The van der Waals surface area contributed by atoms with Crippen molar-refractivity contribution in [2.45, 2.75) is 6.54 Å². The van der Waals surface area contributed by atoms with E-state index in [2.05, 4.69) is 15.3 Å². The highest BCUT2D eigenvalue weighted by atomic mass is 16.3. The van der Waals surface area contributed by atoms with Gasteiger partial charge in [0, 0.05) is 25.1 Å². The molecule has 0 aliphatic rings. The number of amides is 1. The molecule has 0 saturated heterocycles. The van der Waals surface area contributed by atoms with E-state index in [9.17, 15) is 4.79 Å². The molecule has 0 aliphatic carbocycles. The Hall–Kier alpha value is -2.95. The number of carbonyl (C=O) groups excluding carboxylic acids is 1. The maximum atomic E-state index is 11.9. The van der Waals surface area contributed by atoms with E-state index in [1.165, 1.54) is 6.20 Å². The minimum atomic E-state index is -0.154. The predicted octanol–water partition coefficient (Wildman–Crippen LogP) is 2.67. The Bertz CT molecular complexity index is 707. The summed E-state index contributed by atoms with van der Waals surface area (Å²) in [5.74, 6) is 0.569. The SMILES string of the molecule is O=C(NCc1ccc(-c2ccco2)nc1)c1cccnc1. The van der Waals surface area contributed by atoms with Crippen LogP contribution in [-0.2, 0) is 6.54 Å². The minimum Gasteiger partial charge on any atom is -0.463 e. The molecule has 3 aromatic heterocycles. The average molecular weight is 279 g/mol. The summed E-state index contributed by atoms with van der Waals surface area (Å²) >= 11 is 0. The van der Waals surface area contributed by atoms with Gasteiger partial charge >= 0.3 is 0 Å². The van der Waals surface area contributed by atoms with Crippen LogP contribution in [0.25, 0.3) is 11.5 Å². The Labute approximate surface area is 121 Å². The van der Waals surface area contributed by atoms with E-state index >= 15 is 0 Å². The Kier molecular flexibility index (Phi) is 3.73. The Balaban J connectivity index is 1.62. The highest BCUT2D eigenvalue weighted by Gasteiger charge is 2.06. The molecule has 0 atom stereocenters. The van der Waals surface area contributed by atoms with E-state index in [-0.39, 0.29) is 5.91 Å². The lowest BCUT2D eigenvalue weighted by atomic mass is 10.2. The number of hydrogen-bond donors (Lipinski definition) is 1. The number of hydrogen-bond acceptors (Lipinski definition) is 4. The van der Waals surface area contributed by atoms with Crippen LogP contribution >= 0.6 is 0 Å². The van der Waals surface area contributed by atoms with Crippen LogP contribution in [-0.4, -0.2) is 15.9 Å². The molecule has 0 fully saturated rings. The van der Waals surface area contributed by atoms with Gasteiger partial charge in [-0.05, 0) is 35.9 Å². The van der Waals surface area contributed by atoms with E-state index in [4.69, 9.17) is 4.42 Å². The van der Waals surface area contributed by atoms with Crippen LogP contribution in [0.4, 0.5) is 0 Å². The van der Waals surface area contributed by atoms with Crippen LogP contribution in [0, 0.1) is 0 Å². The smallest absolute Gasteiger partial charge is 0.253 e. The van der Waals surface area contributed by atoms with E-state index in [0.29, 0.717) is 12.1 Å². The fourth-order valence-electron chi connectivity index (χ4n) is 1.88. The summed E-state index contributed by atoms with van der Waals surface area (Å²) < 4.78 is 5.28. The van der Waals surface area contributed by atoms with Gasteiger partial charge in [-0.3, -0.25) is 14.8 Å². The van der Waals surface area contributed by atoms with E-state index in [0.717, 1.165) is 17.0 Å². The van der Waals surface area contributed by atoms with Crippen LogP contribution < -0.4 is 5.32 Å². The summed E-state index contributed by atoms with van der Waals surface area (Å²) in [6.45, 7) is 0.416. The van der Waals surface area contributed by atoms with Crippen molar-refractivity contribution in [3.8, 4) is 11.5 Å². The monoisotopic (exact) mass is 279 g/mol. The molecule has 21 heavy (non-hydrogen) atoms. The number of carbonyl (C=O) groups is 1. The van der Waals surface area contributed by atoms with Gasteiger partial charge in [-0.25, -0.2) is 0 Å². The van der Waals surface area contributed by atoms with Crippen molar-refractivity contribution in [3.63, 3.8) is 0 Å². The highest BCUT2D eigenvalue weighted by molar-refractivity contribution is 5.93. The lowest BCUT2D eigenvalue weighted by molar-refractivity contribution is 0.0950. The maximum absolute atomic E-state index is 11.9. The van der Waals surface area contributed by atoms with Gasteiger partial charge in [-0.2, -0.15) is 0 Å². The van der Waals surface area contributed by atoms with Crippen molar-refractivity contribution in [1.82, 2.24) is 15.3 Å². The molecule has 0 aliphatic heterocycles. The zero-order chi connectivity index (χ0) is 14.5. The van der Waals surface area contributed by atoms with Crippen molar-refractivity contribution in [1.29, 1.82) is 0 Å². The summed E-state index contributed by atoms with van der Waals surface area (Å²) in [4.78, 5) is 20.1. The number of pyridine rings is 2. The van der Waals surface area contributed by atoms with Crippen LogP contribution in [0.15, 0.2) is 65.7 Å². The zero-order valence-corrected chi connectivity index (χ0v) is 11.2. The molecule has 1 amide bonds. The number of nitrogens with zero attached hydrogens (tertiary/aromatic N) is 2. The third-order valence-corrected chi connectivity index (χ3v) is 2.98. The first-order valence-electron chi connectivity index (χ1n) is 6.50. The lowest BCUT2D eigenvalue weighted by Gasteiger charge is -2.05. The van der Waals surface area contributed by atoms with Crippen molar-refractivity contribution < 1.29 is 9.21 Å². The molecule has 0 aromatic carbocycles. The first-order chi connectivity index (χ1) is 10.3. The zero-order valence-electron chi connectivity index (χ0n) is 11.2. The Morgan fingerprint density at radius 3 is 2.76 bits per heavy atom. The van der Waals surface area contributed by atoms with Crippen LogP contribution in [0.3, 0.4) is 0 Å². The fraction of sp³-hybridized carbons (Fsp3) is 0.0625. The highest BCUT2D eigenvalue weighted by Crippen LogP contribution is 2.16. The molecule has 5 heteroatoms. The van der Waals surface area contributed by atoms with Gasteiger partial charge in [0.05, 0.1) is 11.8 Å². The predicted molar refractivity (Wildman–Crippen MR) is 77.3 cm³/mol. The van der Waals surface area contributed by atoms with Crippen LogP contribution in [0.1, 0.15) is 15.9 Å². The second-order valence-electron chi connectivity index (χ2n) is 4.45. The van der Waals surface area contributed by atoms with Crippen LogP contribution in [0.2, 0.25) is 0 Å². The standard InChI is InChI=1S/C16H13N3O2/c20-16(13-3-1-7-17-11-13)19-10-12-5-6-14(18-9-12)15-4-2-8-21-15/h1-9,11H,10H2,(H,19,20). The molecule has 3 aromatic rings. The molecule has 5 nitrogen and oxygen atoms in total. The Morgan fingerprint density at radius 2 is 2.10 bits per heavy atom. The second-order valence-corrected chi connectivity index (χ2v) is 4.45. The van der Waals surface area contributed by atoms with Gasteiger partial charge in [-0.1, -0.05) is 6.07 Å². The van der Waals surface area contributed by atoms with Gasteiger partial charge in [-0.15, -0.1) is 0 Å².